The van der Waals surface area contributed by atoms with Crippen molar-refractivity contribution in [1.82, 2.24) is 10.1 Å². The summed E-state index contributed by atoms with van der Waals surface area (Å²) < 4.78 is 16.3. The van der Waals surface area contributed by atoms with Gasteiger partial charge in [0.25, 0.3) is 0 Å². The minimum Gasteiger partial charge on any atom is -0.497 e. The highest BCUT2D eigenvalue weighted by molar-refractivity contribution is 5.96. The average molecular weight is 393 g/mol. The van der Waals surface area contributed by atoms with E-state index in [0.29, 0.717) is 37.0 Å². The maximum Gasteiger partial charge on any atom is 0.232 e. The highest BCUT2D eigenvalue weighted by atomic mass is 16.5. The highest BCUT2D eigenvalue weighted by Crippen LogP contribution is 2.33. The minimum atomic E-state index is -0.137. The zero-order chi connectivity index (χ0) is 20.2. The molecule has 1 atom stereocenters. The van der Waals surface area contributed by atoms with Crippen LogP contribution in [0.2, 0.25) is 0 Å². The first kappa shape index (κ1) is 19.0. The number of amides is 1. The van der Waals surface area contributed by atoms with Gasteiger partial charge in [-0.15, -0.1) is 0 Å². The van der Waals surface area contributed by atoms with E-state index >= 15 is 0 Å². The quantitative estimate of drug-likeness (QED) is 0.603. The van der Waals surface area contributed by atoms with Gasteiger partial charge < -0.3 is 18.9 Å². The number of hydrogen-bond acceptors (Lipinski definition) is 6. The molecule has 0 aliphatic carbocycles. The predicted molar refractivity (Wildman–Crippen MR) is 108 cm³/mol. The number of methoxy groups -OCH3 is 1. The smallest absolute Gasteiger partial charge is 0.232 e. The van der Waals surface area contributed by atoms with Gasteiger partial charge in [0.1, 0.15) is 11.5 Å². The second kappa shape index (κ2) is 8.34. The number of hydrogen-bond donors (Lipinski definition) is 0. The molecule has 0 radical (unpaired) electrons. The Labute approximate surface area is 169 Å². The summed E-state index contributed by atoms with van der Waals surface area (Å²) in [4.78, 5) is 18.8. The second-order valence-electron chi connectivity index (χ2n) is 6.94. The zero-order valence-corrected chi connectivity index (χ0v) is 16.5. The van der Waals surface area contributed by atoms with Gasteiger partial charge in [0.2, 0.25) is 17.6 Å². The summed E-state index contributed by atoms with van der Waals surface area (Å²) in [5.74, 6) is 2.40. The van der Waals surface area contributed by atoms with E-state index in [9.17, 15) is 4.79 Å². The van der Waals surface area contributed by atoms with E-state index in [0.717, 1.165) is 23.4 Å². The van der Waals surface area contributed by atoms with Crippen molar-refractivity contribution in [2.24, 2.45) is 0 Å². The van der Waals surface area contributed by atoms with Crippen LogP contribution in [-0.2, 0) is 4.79 Å². The van der Waals surface area contributed by atoms with E-state index in [4.69, 9.17) is 14.0 Å². The van der Waals surface area contributed by atoms with Gasteiger partial charge in [-0.1, -0.05) is 18.1 Å². The van der Waals surface area contributed by atoms with Crippen LogP contribution in [0.25, 0.3) is 11.4 Å². The van der Waals surface area contributed by atoms with Gasteiger partial charge in [0.15, 0.2) is 0 Å². The topological polar surface area (TPSA) is 77.7 Å². The van der Waals surface area contributed by atoms with Crippen molar-refractivity contribution < 1.29 is 18.8 Å². The van der Waals surface area contributed by atoms with Crippen LogP contribution in [0.15, 0.2) is 53.1 Å². The number of anilines is 1. The number of carbonyl (C=O) groups is 1. The molecule has 1 aliphatic heterocycles. The maximum atomic E-state index is 12.5. The number of carbonyl (C=O) groups excluding carboxylic acids is 1. The number of aromatic nitrogens is 2. The molecule has 1 aliphatic rings. The fourth-order valence-corrected chi connectivity index (χ4v) is 3.34. The summed E-state index contributed by atoms with van der Waals surface area (Å²) in [7, 11) is 1.61. The molecule has 1 aromatic heterocycles. The largest absolute Gasteiger partial charge is 0.497 e. The molecule has 2 aromatic carbocycles. The van der Waals surface area contributed by atoms with Gasteiger partial charge in [-0.2, -0.15) is 4.98 Å². The molecule has 0 saturated carbocycles. The molecule has 2 heterocycles. The maximum absolute atomic E-state index is 12.5. The van der Waals surface area contributed by atoms with Crippen molar-refractivity contribution in [2.75, 3.05) is 25.2 Å². The van der Waals surface area contributed by atoms with Crippen molar-refractivity contribution in [3.8, 4) is 22.9 Å². The van der Waals surface area contributed by atoms with Crippen LogP contribution < -0.4 is 14.4 Å². The molecule has 1 amide bonds. The van der Waals surface area contributed by atoms with Crippen molar-refractivity contribution in [3.05, 3.63) is 54.4 Å². The Morgan fingerprint density at radius 3 is 2.76 bits per heavy atom. The first-order valence-electron chi connectivity index (χ1n) is 9.69. The van der Waals surface area contributed by atoms with E-state index in [1.807, 2.05) is 48.5 Å². The molecule has 7 nitrogen and oxygen atoms in total. The fourth-order valence-electron chi connectivity index (χ4n) is 3.34. The van der Waals surface area contributed by atoms with E-state index in [2.05, 4.69) is 17.1 Å². The van der Waals surface area contributed by atoms with Gasteiger partial charge >= 0.3 is 0 Å². The summed E-state index contributed by atoms with van der Waals surface area (Å²) in [5.41, 5.74) is 1.65. The molecule has 150 valence electrons. The molecule has 1 saturated heterocycles. The highest BCUT2D eigenvalue weighted by Gasteiger charge is 2.35. The van der Waals surface area contributed by atoms with Crippen LogP contribution in [0.4, 0.5) is 5.69 Å². The summed E-state index contributed by atoms with van der Waals surface area (Å²) in [6, 6.07) is 15.1. The second-order valence-corrected chi connectivity index (χ2v) is 6.94. The number of nitrogens with zero attached hydrogens (tertiary/aromatic N) is 3. The molecule has 4 rings (SSSR count). The van der Waals surface area contributed by atoms with Crippen LogP contribution in [0.3, 0.4) is 0 Å². The van der Waals surface area contributed by atoms with Crippen LogP contribution in [0, 0.1) is 0 Å². The Morgan fingerprint density at radius 1 is 1.17 bits per heavy atom. The molecule has 0 N–H and O–H groups in total. The number of ether oxygens (including phenoxy) is 2. The Bertz CT molecular complexity index is 984. The lowest BCUT2D eigenvalue weighted by atomic mass is 10.1. The van der Waals surface area contributed by atoms with Crippen molar-refractivity contribution in [1.29, 1.82) is 0 Å². The molecule has 0 bridgehead atoms. The molecule has 0 spiro atoms. The van der Waals surface area contributed by atoms with Gasteiger partial charge in [0, 0.05) is 30.3 Å². The third-order valence-electron chi connectivity index (χ3n) is 4.87. The summed E-state index contributed by atoms with van der Waals surface area (Å²) in [5, 5.41) is 4.10. The Balaban J connectivity index is 1.47. The van der Waals surface area contributed by atoms with Crippen molar-refractivity contribution >= 4 is 11.6 Å². The van der Waals surface area contributed by atoms with Crippen LogP contribution in [0.1, 0.15) is 31.6 Å². The molecule has 1 fully saturated rings. The van der Waals surface area contributed by atoms with E-state index < -0.39 is 0 Å². The summed E-state index contributed by atoms with van der Waals surface area (Å²) in [6.07, 6.45) is 1.30. The molecule has 29 heavy (non-hydrogen) atoms. The SMILES string of the molecule is CCCOc1ccc(-c2noc(C3CC(=O)N(c4cccc(OC)c4)C3)n2)cc1. The standard InChI is InChI=1S/C22H23N3O4/c1-3-11-28-18-9-7-15(8-10-18)21-23-22(29-24-21)16-12-20(26)25(14-16)17-5-4-6-19(13-17)27-2/h4-10,13,16H,3,11-12,14H2,1-2H3. The van der Waals surface area contributed by atoms with E-state index in [1.165, 1.54) is 0 Å². The van der Waals surface area contributed by atoms with Crippen molar-refractivity contribution in [3.63, 3.8) is 0 Å². The predicted octanol–water partition coefficient (Wildman–Crippen LogP) is 4.05. The molecular formula is C22H23N3O4. The van der Waals surface area contributed by atoms with E-state index in [1.54, 1.807) is 12.0 Å². The van der Waals surface area contributed by atoms with Gasteiger partial charge in [-0.05, 0) is 42.8 Å². The zero-order valence-electron chi connectivity index (χ0n) is 16.5. The minimum absolute atomic E-state index is 0.0282. The monoisotopic (exact) mass is 393 g/mol. The Kier molecular flexibility index (Phi) is 5.46. The van der Waals surface area contributed by atoms with Crippen LogP contribution >= 0.6 is 0 Å². The third kappa shape index (κ3) is 4.08. The lowest BCUT2D eigenvalue weighted by Crippen LogP contribution is -2.24. The molecular weight excluding hydrogens is 370 g/mol. The molecule has 7 heteroatoms. The Hall–Kier alpha value is -3.35. The first-order chi connectivity index (χ1) is 14.2. The lowest BCUT2D eigenvalue weighted by Gasteiger charge is -2.16. The van der Waals surface area contributed by atoms with Crippen molar-refractivity contribution in [2.45, 2.75) is 25.7 Å². The van der Waals surface area contributed by atoms with E-state index in [-0.39, 0.29) is 11.8 Å². The third-order valence-corrected chi connectivity index (χ3v) is 4.87. The van der Waals surface area contributed by atoms with Gasteiger partial charge in [0.05, 0.1) is 19.6 Å². The summed E-state index contributed by atoms with van der Waals surface area (Å²) in [6.45, 7) is 3.25. The lowest BCUT2D eigenvalue weighted by molar-refractivity contribution is -0.117. The van der Waals surface area contributed by atoms with Crippen LogP contribution in [-0.4, -0.2) is 36.3 Å². The fraction of sp³-hybridized carbons (Fsp3) is 0.318. The van der Waals surface area contributed by atoms with Gasteiger partial charge in [-0.25, -0.2) is 0 Å². The Morgan fingerprint density at radius 2 is 2.00 bits per heavy atom. The number of benzene rings is 2. The molecule has 3 aromatic rings. The number of rotatable bonds is 7. The summed E-state index contributed by atoms with van der Waals surface area (Å²) >= 11 is 0. The first-order valence-corrected chi connectivity index (χ1v) is 9.69. The van der Waals surface area contributed by atoms with Crippen LogP contribution in [0.5, 0.6) is 11.5 Å². The molecule has 1 unspecified atom stereocenters. The average Bonchev–Trinajstić information content (AvgIpc) is 3.39. The van der Waals surface area contributed by atoms with Gasteiger partial charge in [-0.3, -0.25) is 4.79 Å². The normalized spacial score (nSPS) is 16.3.